The summed E-state index contributed by atoms with van der Waals surface area (Å²) in [7, 11) is 1.49. The van der Waals surface area contributed by atoms with E-state index in [9.17, 15) is 14.0 Å². The first kappa shape index (κ1) is 12.2. The van der Waals surface area contributed by atoms with Gasteiger partial charge in [0.15, 0.2) is 0 Å². The Bertz CT molecular complexity index is 432. The predicted octanol–water partition coefficient (Wildman–Crippen LogP) is 0.774. The van der Waals surface area contributed by atoms with E-state index in [1.807, 2.05) is 0 Å². The lowest BCUT2D eigenvalue weighted by molar-refractivity contribution is -0.121. The molecule has 0 aliphatic carbocycles. The van der Waals surface area contributed by atoms with Crippen LogP contribution in [0.3, 0.4) is 0 Å². The highest BCUT2D eigenvalue weighted by atomic mass is 19.1. The Morgan fingerprint density at radius 2 is 2.06 bits per heavy atom. The molecular weight excluding hydrogens is 211 g/mol. The van der Waals surface area contributed by atoms with Gasteiger partial charge in [0.2, 0.25) is 11.8 Å². The summed E-state index contributed by atoms with van der Waals surface area (Å²) in [6.07, 6.45) is 0. The zero-order chi connectivity index (χ0) is 12.3. The van der Waals surface area contributed by atoms with Crippen molar-refractivity contribution in [3.05, 3.63) is 35.1 Å². The van der Waals surface area contributed by atoms with E-state index in [0.717, 1.165) is 6.07 Å². The molecule has 0 saturated carbocycles. The number of amides is 2. The Hall–Kier alpha value is -1.91. The van der Waals surface area contributed by atoms with Crippen molar-refractivity contribution in [2.75, 3.05) is 7.05 Å². The lowest BCUT2D eigenvalue weighted by atomic mass is 9.94. The van der Waals surface area contributed by atoms with Crippen LogP contribution < -0.4 is 11.1 Å². The first-order valence-corrected chi connectivity index (χ1v) is 4.78. The van der Waals surface area contributed by atoms with Crippen LogP contribution in [0.15, 0.2) is 18.2 Å². The van der Waals surface area contributed by atoms with E-state index in [1.54, 1.807) is 6.92 Å². The summed E-state index contributed by atoms with van der Waals surface area (Å²) in [5.41, 5.74) is 5.59. The Kier molecular flexibility index (Phi) is 3.60. The zero-order valence-electron chi connectivity index (χ0n) is 9.08. The molecule has 0 heterocycles. The number of nitrogens with one attached hydrogen (secondary N) is 1. The summed E-state index contributed by atoms with van der Waals surface area (Å²) >= 11 is 0. The summed E-state index contributed by atoms with van der Waals surface area (Å²) in [4.78, 5) is 22.5. The highest BCUT2D eigenvalue weighted by Crippen LogP contribution is 2.20. The van der Waals surface area contributed by atoms with E-state index in [0.29, 0.717) is 5.56 Å². The van der Waals surface area contributed by atoms with Crippen LogP contribution in [0, 0.1) is 5.82 Å². The highest BCUT2D eigenvalue weighted by molar-refractivity contribution is 5.96. The van der Waals surface area contributed by atoms with Gasteiger partial charge in [-0.1, -0.05) is 6.07 Å². The SMILES string of the molecule is CNC(=O)[C@@H](C)c1ccc(F)cc1C(N)=O. The van der Waals surface area contributed by atoms with Crippen LogP contribution in [0.5, 0.6) is 0 Å². The molecular formula is C11H13FN2O2. The minimum absolute atomic E-state index is 0.0381. The predicted molar refractivity (Wildman–Crippen MR) is 57.4 cm³/mol. The van der Waals surface area contributed by atoms with Gasteiger partial charge in [-0.2, -0.15) is 0 Å². The number of carbonyl (C=O) groups excluding carboxylic acids is 2. The second-order valence-electron chi connectivity index (χ2n) is 3.43. The lowest BCUT2D eigenvalue weighted by Gasteiger charge is -2.13. The van der Waals surface area contributed by atoms with Crippen molar-refractivity contribution in [2.45, 2.75) is 12.8 Å². The first-order chi connectivity index (χ1) is 7.47. The molecule has 0 radical (unpaired) electrons. The standard InChI is InChI=1S/C11H13FN2O2/c1-6(11(16)14-2)8-4-3-7(12)5-9(8)10(13)15/h3-6H,1-2H3,(H2,13,15)(H,14,16)/t6-/m0/s1. The normalized spacial score (nSPS) is 11.9. The van der Waals surface area contributed by atoms with Gasteiger partial charge in [0, 0.05) is 12.6 Å². The van der Waals surface area contributed by atoms with Crippen LogP contribution in [0.2, 0.25) is 0 Å². The third kappa shape index (κ3) is 2.36. The molecule has 1 rings (SSSR count). The van der Waals surface area contributed by atoms with Crippen LogP contribution in [0.1, 0.15) is 28.8 Å². The van der Waals surface area contributed by atoms with Gasteiger partial charge in [0.1, 0.15) is 5.82 Å². The van der Waals surface area contributed by atoms with Gasteiger partial charge in [-0.3, -0.25) is 9.59 Å². The third-order valence-electron chi connectivity index (χ3n) is 2.39. The van der Waals surface area contributed by atoms with Crippen molar-refractivity contribution < 1.29 is 14.0 Å². The number of benzene rings is 1. The molecule has 5 heteroatoms. The van der Waals surface area contributed by atoms with E-state index in [-0.39, 0.29) is 11.5 Å². The van der Waals surface area contributed by atoms with Crippen molar-refractivity contribution in [3.63, 3.8) is 0 Å². The van der Waals surface area contributed by atoms with Crippen LogP contribution in [-0.2, 0) is 4.79 Å². The minimum atomic E-state index is -0.745. The molecule has 16 heavy (non-hydrogen) atoms. The molecule has 0 bridgehead atoms. The summed E-state index contributed by atoms with van der Waals surface area (Å²) in [5, 5.41) is 2.46. The molecule has 0 aromatic heterocycles. The van der Waals surface area contributed by atoms with Gasteiger partial charge >= 0.3 is 0 Å². The lowest BCUT2D eigenvalue weighted by Crippen LogP contribution is -2.26. The molecule has 3 N–H and O–H groups in total. The molecule has 0 spiro atoms. The number of rotatable bonds is 3. The zero-order valence-corrected chi connectivity index (χ0v) is 9.08. The van der Waals surface area contributed by atoms with Gasteiger partial charge in [0.05, 0.1) is 5.92 Å². The van der Waals surface area contributed by atoms with Crippen molar-refractivity contribution in [2.24, 2.45) is 5.73 Å². The smallest absolute Gasteiger partial charge is 0.249 e. The van der Waals surface area contributed by atoms with E-state index in [1.165, 1.54) is 19.2 Å². The number of primary amides is 1. The molecule has 0 aliphatic rings. The fourth-order valence-electron chi connectivity index (χ4n) is 1.48. The molecule has 0 fully saturated rings. The average Bonchev–Trinajstić information content (AvgIpc) is 2.26. The van der Waals surface area contributed by atoms with Crippen LogP contribution >= 0.6 is 0 Å². The maximum Gasteiger partial charge on any atom is 0.249 e. The van der Waals surface area contributed by atoms with E-state index in [2.05, 4.69) is 5.32 Å². The number of likely N-dealkylation sites (N-methyl/N-ethyl adjacent to an activating group) is 1. The molecule has 0 aliphatic heterocycles. The molecule has 86 valence electrons. The molecule has 1 atom stereocenters. The number of hydrogen-bond donors (Lipinski definition) is 2. The van der Waals surface area contributed by atoms with E-state index >= 15 is 0 Å². The molecule has 1 aromatic rings. The summed E-state index contributed by atoms with van der Waals surface area (Å²) in [5.74, 6) is -2.10. The summed E-state index contributed by atoms with van der Waals surface area (Å²) in [6.45, 7) is 1.62. The average molecular weight is 224 g/mol. The molecule has 1 aromatic carbocycles. The second-order valence-corrected chi connectivity index (χ2v) is 3.43. The first-order valence-electron chi connectivity index (χ1n) is 4.78. The van der Waals surface area contributed by atoms with Crippen LogP contribution in [-0.4, -0.2) is 18.9 Å². The van der Waals surface area contributed by atoms with E-state index in [4.69, 9.17) is 5.73 Å². The maximum absolute atomic E-state index is 12.9. The number of halogens is 1. The monoisotopic (exact) mass is 224 g/mol. The third-order valence-corrected chi connectivity index (χ3v) is 2.39. The van der Waals surface area contributed by atoms with Crippen molar-refractivity contribution >= 4 is 11.8 Å². The largest absolute Gasteiger partial charge is 0.366 e. The Balaban J connectivity index is 3.22. The molecule has 2 amide bonds. The summed E-state index contributed by atoms with van der Waals surface area (Å²) < 4.78 is 12.9. The molecule has 0 unspecified atom stereocenters. The van der Waals surface area contributed by atoms with Gasteiger partial charge in [-0.25, -0.2) is 4.39 Å². The van der Waals surface area contributed by atoms with Gasteiger partial charge in [0.25, 0.3) is 0 Å². The van der Waals surface area contributed by atoms with Crippen molar-refractivity contribution in [1.29, 1.82) is 0 Å². The number of hydrogen-bond acceptors (Lipinski definition) is 2. The van der Waals surface area contributed by atoms with E-state index < -0.39 is 17.6 Å². The number of nitrogens with two attached hydrogens (primary N) is 1. The van der Waals surface area contributed by atoms with Gasteiger partial charge in [-0.15, -0.1) is 0 Å². The van der Waals surface area contributed by atoms with Gasteiger partial charge < -0.3 is 11.1 Å². The Morgan fingerprint density at radius 1 is 1.44 bits per heavy atom. The van der Waals surface area contributed by atoms with Crippen molar-refractivity contribution in [3.8, 4) is 0 Å². The maximum atomic E-state index is 12.9. The second kappa shape index (κ2) is 4.74. The van der Waals surface area contributed by atoms with Gasteiger partial charge in [-0.05, 0) is 24.6 Å². The highest BCUT2D eigenvalue weighted by Gasteiger charge is 2.19. The fraction of sp³-hybridized carbons (Fsp3) is 0.273. The molecule has 0 saturated heterocycles. The summed E-state index contributed by atoms with van der Waals surface area (Å²) in [6, 6.07) is 3.63. The Labute approximate surface area is 92.6 Å². The van der Waals surface area contributed by atoms with Crippen molar-refractivity contribution in [1.82, 2.24) is 5.32 Å². The molecule has 4 nitrogen and oxygen atoms in total. The van der Waals surface area contributed by atoms with Crippen LogP contribution in [0.25, 0.3) is 0 Å². The topological polar surface area (TPSA) is 72.2 Å². The van der Waals surface area contributed by atoms with Crippen LogP contribution in [0.4, 0.5) is 4.39 Å². The minimum Gasteiger partial charge on any atom is -0.366 e. The quantitative estimate of drug-likeness (QED) is 0.796. The Morgan fingerprint density at radius 3 is 2.56 bits per heavy atom. The number of carbonyl (C=O) groups is 2. The fourth-order valence-corrected chi connectivity index (χ4v) is 1.48.